The summed E-state index contributed by atoms with van der Waals surface area (Å²) >= 11 is 1.62. The summed E-state index contributed by atoms with van der Waals surface area (Å²) in [5, 5.41) is 0. The highest BCUT2D eigenvalue weighted by Gasteiger charge is 2.28. The van der Waals surface area contributed by atoms with Crippen molar-refractivity contribution in [2.24, 2.45) is 5.92 Å². The van der Waals surface area contributed by atoms with Crippen LogP contribution in [0.1, 0.15) is 34.8 Å². The lowest BCUT2D eigenvalue weighted by Crippen LogP contribution is -2.35. The zero-order chi connectivity index (χ0) is 12.5. The van der Waals surface area contributed by atoms with Crippen LogP contribution in [0.4, 0.5) is 0 Å². The number of piperidine rings is 1. The molecule has 0 aliphatic carbocycles. The van der Waals surface area contributed by atoms with Crippen molar-refractivity contribution in [1.82, 2.24) is 9.80 Å². The number of fused-ring (bicyclic) bond motifs is 2. The van der Waals surface area contributed by atoms with Crippen LogP contribution in [0.15, 0.2) is 12.1 Å². The quantitative estimate of drug-likeness (QED) is 0.790. The van der Waals surface area contributed by atoms with Crippen molar-refractivity contribution in [3.63, 3.8) is 0 Å². The van der Waals surface area contributed by atoms with Crippen LogP contribution in [0.25, 0.3) is 0 Å². The Labute approximate surface area is 120 Å². The second-order valence-electron chi connectivity index (χ2n) is 5.47. The number of amides is 1. The zero-order valence-electron chi connectivity index (χ0n) is 10.9. The van der Waals surface area contributed by atoms with Crippen molar-refractivity contribution in [2.75, 3.05) is 32.7 Å². The van der Waals surface area contributed by atoms with Gasteiger partial charge in [0.25, 0.3) is 5.91 Å². The minimum atomic E-state index is 0. The van der Waals surface area contributed by atoms with Gasteiger partial charge in [-0.1, -0.05) is 7.43 Å². The maximum atomic E-state index is 12.5. The Morgan fingerprint density at radius 2 is 2.11 bits per heavy atom. The van der Waals surface area contributed by atoms with E-state index in [4.69, 9.17) is 0 Å². The number of rotatable bonds is 1. The smallest absolute Gasteiger partial charge is 0.263 e. The third-order valence-corrected chi connectivity index (χ3v) is 4.99. The molecule has 3 heterocycles. The second kappa shape index (κ2) is 6.06. The van der Waals surface area contributed by atoms with Gasteiger partial charge < -0.3 is 9.80 Å². The Morgan fingerprint density at radius 3 is 2.84 bits per heavy atom. The lowest BCUT2D eigenvalue weighted by Gasteiger charge is -2.29. The summed E-state index contributed by atoms with van der Waals surface area (Å²) in [4.78, 5) is 19.2. The zero-order valence-corrected chi connectivity index (χ0v) is 11.7. The molecule has 1 amide bonds. The number of carbonyl (C=O) groups is 1. The molecule has 0 N–H and O–H groups in total. The molecule has 2 aliphatic rings. The van der Waals surface area contributed by atoms with E-state index in [-0.39, 0.29) is 13.3 Å². The maximum Gasteiger partial charge on any atom is 0.263 e. The molecule has 106 valence electrons. The Morgan fingerprint density at radius 1 is 1.26 bits per heavy atom. The third-order valence-electron chi connectivity index (χ3n) is 4.01. The van der Waals surface area contributed by atoms with Gasteiger partial charge >= 0.3 is 0 Å². The Hall–Kier alpha value is -0.870. The van der Waals surface area contributed by atoms with Crippen molar-refractivity contribution in [3.8, 4) is 0 Å². The van der Waals surface area contributed by atoms with Gasteiger partial charge in [0.05, 0.1) is 4.88 Å². The van der Waals surface area contributed by atoms with E-state index in [2.05, 4.69) is 16.7 Å². The average molecular weight is 280 g/mol. The number of thiophene rings is 1. The van der Waals surface area contributed by atoms with Gasteiger partial charge in [-0.15, -0.1) is 11.3 Å². The van der Waals surface area contributed by atoms with Crippen LogP contribution in [0.5, 0.6) is 0 Å². The molecule has 1 aromatic heterocycles. The fourth-order valence-electron chi connectivity index (χ4n) is 3.06. The van der Waals surface area contributed by atoms with E-state index in [1.54, 1.807) is 11.3 Å². The summed E-state index contributed by atoms with van der Waals surface area (Å²) in [6.07, 6.45) is 2.58. The molecule has 0 radical (unpaired) electrons. The standard InChI is InChI=1S/C14H20N2OS.CH4/c1-11-4-5-13(18-11)14(17)16-8-7-15-6-2-3-12(9-15)10-16;/h4-5,12H,2-3,6-10H2,1H3;1H4. The van der Waals surface area contributed by atoms with Gasteiger partial charge in [-0.2, -0.15) is 0 Å². The molecule has 0 saturated carbocycles. The predicted octanol–water partition coefficient (Wildman–Crippen LogP) is 2.86. The fourth-order valence-corrected chi connectivity index (χ4v) is 3.89. The minimum Gasteiger partial charge on any atom is -0.336 e. The number of hydrogen-bond donors (Lipinski definition) is 0. The van der Waals surface area contributed by atoms with Crippen molar-refractivity contribution >= 4 is 17.2 Å². The summed E-state index contributed by atoms with van der Waals surface area (Å²) in [5.74, 6) is 0.924. The summed E-state index contributed by atoms with van der Waals surface area (Å²) in [7, 11) is 0. The topological polar surface area (TPSA) is 23.6 Å². The molecule has 3 nitrogen and oxygen atoms in total. The summed E-state index contributed by atoms with van der Waals surface area (Å²) < 4.78 is 0. The van der Waals surface area contributed by atoms with Gasteiger partial charge in [0.15, 0.2) is 0 Å². The molecule has 2 atom stereocenters. The van der Waals surface area contributed by atoms with E-state index in [1.165, 1.54) is 30.8 Å². The van der Waals surface area contributed by atoms with Crippen LogP contribution in [0.2, 0.25) is 0 Å². The van der Waals surface area contributed by atoms with Crippen molar-refractivity contribution < 1.29 is 4.79 Å². The van der Waals surface area contributed by atoms with Crippen LogP contribution in [0, 0.1) is 12.8 Å². The van der Waals surface area contributed by atoms with Crippen LogP contribution in [0.3, 0.4) is 0 Å². The second-order valence-corrected chi connectivity index (χ2v) is 6.76. The minimum absolute atomic E-state index is 0. The van der Waals surface area contributed by atoms with Gasteiger partial charge in [-0.25, -0.2) is 0 Å². The lowest BCUT2D eigenvalue weighted by atomic mass is 9.98. The first-order valence-corrected chi connectivity index (χ1v) is 7.62. The van der Waals surface area contributed by atoms with E-state index in [0.29, 0.717) is 5.92 Å². The van der Waals surface area contributed by atoms with Gasteiger partial charge in [-0.3, -0.25) is 4.79 Å². The number of nitrogens with zero attached hydrogens (tertiary/aromatic N) is 2. The molecule has 2 saturated heterocycles. The van der Waals surface area contributed by atoms with Crippen LogP contribution >= 0.6 is 11.3 Å². The maximum absolute atomic E-state index is 12.5. The highest BCUT2D eigenvalue weighted by molar-refractivity contribution is 7.13. The van der Waals surface area contributed by atoms with Crippen molar-refractivity contribution in [2.45, 2.75) is 27.2 Å². The predicted molar refractivity (Wildman–Crippen MR) is 80.9 cm³/mol. The van der Waals surface area contributed by atoms with Crippen LogP contribution < -0.4 is 0 Å². The molecule has 2 unspecified atom stereocenters. The van der Waals surface area contributed by atoms with Gasteiger partial charge in [0.1, 0.15) is 0 Å². The molecule has 0 spiro atoms. The van der Waals surface area contributed by atoms with E-state index in [0.717, 1.165) is 24.5 Å². The van der Waals surface area contributed by atoms with Gasteiger partial charge in [0.2, 0.25) is 0 Å². The normalized spacial score (nSPS) is 26.5. The molecule has 19 heavy (non-hydrogen) atoms. The number of hydrogen-bond acceptors (Lipinski definition) is 3. The van der Waals surface area contributed by atoms with E-state index in [1.807, 2.05) is 12.1 Å². The summed E-state index contributed by atoms with van der Waals surface area (Å²) in [6.45, 7) is 7.36. The van der Waals surface area contributed by atoms with Crippen molar-refractivity contribution in [1.29, 1.82) is 0 Å². The van der Waals surface area contributed by atoms with Crippen LogP contribution in [-0.2, 0) is 0 Å². The van der Waals surface area contributed by atoms with E-state index < -0.39 is 0 Å². The van der Waals surface area contributed by atoms with Crippen molar-refractivity contribution in [3.05, 3.63) is 21.9 Å². The fraction of sp³-hybridized carbons (Fsp3) is 0.667. The highest BCUT2D eigenvalue weighted by atomic mass is 32.1. The molecule has 0 aromatic carbocycles. The first-order chi connectivity index (χ1) is 8.72. The third kappa shape index (κ3) is 3.18. The SMILES string of the molecule is C.Cc1ccc(C(=O)N2CCN3CCCC(C3)C2)s1. The first-order valence-electron chi connectivity index (χ1n) is 6.80. The van der Waals surface area contributed by atoms with E-state index >= 15 is 0 Å². The largest absolute Gasteiger partial charge is 0.336 e. The molecular weight excluding hydrogens is 256 g/mol. The summed E-state index contributed by atoms with van der Waals surface area (Å²) in [5.41, 5.74) is 0. The molecule has 2 fully saturated rings. The first kappa shape index (κ1) is 14.5. The summed E-state index contributed by atoms with van der Waals surface area (Å²) in [6, 6.07) is 4.01. The van der Waals surface area contributed by atoms with Crippen LogP contribution in [-0.4, -0.2) is 48.4 Å². The molecule has 4 heteroatoms. The molecule has 3 rings (SSSR count). The number of aryl methyl sites for hydroxylation is 1. The van der Waals surface area contributed by atoms with E-state index in [9.17, 15) is 4.79 Å². The highest BCUT2D eigenvalue weighted by Crippen LogP contribution is 2.23. The lowest BCUT2D eigenvalue weighted by molar-refractivity contribution is 0.0751. The molecular formula is C15H24N2OS. The molecule has 2 bridgehead atoms. The van der Waals surface area contributed by atoms with Gasteiger partial charge in [0, 0.05) is 31.1 Å². The average Bonchev–Trinajstić information content (AvgIpc) is 2.74. The Balaban J connectivity index is 0.00000133. The Kier molecular flexibility index (Phi) is 4.63. The van der Waals surface area contributed by atoms with Gasteiger partial charge in [-0.05, 0) is 44.4 Å². The number of carbonyl (C=O) groups excluding carboxylic acids is 1. The monoisotopic (exact) mass is 280 g/mol. The molecule has 2 aliphatic heterocycles. The molecule has 1 aromatic rings. The Bertz CT molecular complexity index is 443.